The van der Waals surface area contributed by atoms with E-state index in [0.717, 1.165) is 11.9 Å². The van der Waals surface area contributed by atoms with Crippen LogP contribution in [0.4, 0.5) is 0 Å². The zero-order valence-electron chi connectivity index (χ0n) is 9.00. The molecule has 84 valence electrons. The van der Waals surface area contributed by atoms with Crippen LogP contribution in [0.3, 0.4) is 0 Å². The number of carboxylic acids is 1. The van der Waals surface area contributed by atoms with Crippen molar-refractivity contribution in [1.29, 1.82) is 0 Å². The minimum Gasteiger partial charge on any atom is -0.481 e. The topological polar surface area (TPSA) is 67.5 Å². The van der Waals surface area contributed by atoms with Crippen molar-refractivity contribution in [3.8, 4) is 0 Å². The largest absolute Gasteiger partial charge is 0.481 e. The van der Waals surface area contributed by atoms with E-state index in [0.29, 0.717) is 12.1 Å². The van der Waals surface area contributed by atoms with Gasteiger partial charge in [-0.1, -0.05) is 13.3 Å². The minimum absolute atomic E-state index is 0.551. The van der Waals surface area contributed by atoms with Crippen molar-refractivity contribution in [3.05, 3.63) is 30.4 Å². The fourth-order valence-electron chi connectivity index (χ4n) is 1.81. The Kier molecular flexibility index (Phi) is 2.85. The highest BCUT2D eigenvalue weighted by molar-refractivity contribution is 5.78. The normalized spacial score (nSPS) is 12.8. The van der Waals surface area contributed by atoms with E-state index in [4.69, 9.17) is 0 Å². The van der Waals surface area contributed by atoms with E-state index in [9.17, 15) is 9.90 Å². The number of carboxylic acid groups (broad SMARTS) is 1. The standard InChI is InChI=1S/C11H13N3O2/c1-2-3-8(11(15)16)10-9-4-5-13-14(9)7-6-12-10/h4-8H,2-3H2,1H3,(H,15,16). The van der Waals surface area contributed by atoms with Crippen LogP contribution in [0.2, 0.25) is 0 Å². The highest BCUT2D eigenvalue weighted by atomic mass is 16.4. The Labute approximate surface area is 92.7 Å². The van der Waals surface area contributed by atoms with E-state index in [1.165, 1.54) is 0 Å². The molecular weight excluding hydrogens is 206 g/mol. The van der Waals surface area contributed by atoms with Crippen LogP contribution in [0, 0.1) is 0 Å². The molecule has 2 aromatic rings. The molecule has 1 N–H and O–H groups in total. The average Bonchev–Trinajstić information content (AvgIpc) is 2.73. The molecular formula is C11H13N3O2. The van der Waals surface area contributed by atoms with Crippen LogP contribution in [0.1, 0.15) is 31.4 Å². The van der Waals surface area contributed by atoms with Crippen molar-refractivity contribution in [2.24, 2.45) is 0 Å². The smallest absolute Gasteiger partial charge is 0.312 e. The van der Waals surface area contributed by atoms with Gasteiger partial charge in [0.15, 0.2) is 0 Å². The van der Waals surface area contributed by atoms with Gasteiger partial charge in [-0.3, -0.25) is 9.78 Å². The van der Waals surface area contributed by atoms with Crippen LogP contribution in [0.5, 0.6) is 0 Å². The van der Waals surface area contributed by atoms with Gasteiger partial charge in [-0.2, -0.15) is 5.10 Å². The van der Waals surface area contributed by atoms with Gasteiger partial charge in [-0.15, -0.1) is 0 Å². The van der Waals surface area contributed by atoms with Gasteiger partial charge in [0.05, 0.1) is 17.4 Å². The predicted octanol–water partition coefficient (Wildman–Crippen LogP) is 1.70. The Hall–Kier alpha value is -1.91. The summed E-state index contributed by atoms with van der Waals surface area (Å²) < 4.78 is 1.65. The lowest BCUT2D eigenvalue weighted by molar-refractivity contribution is -0.139. The molecule has 0 aliphatic rings. The van der Waals surface area contributed by atoms with Gasteiger partial charge in [-0.05, 0) is 12.5 Å². The van der Waals surface area contributed by atoms with Crippen molar-refractivity contribution in [1.82, 2.24) is 14.6 Å². The third-order valence-corrected chi connectivity index (χ3v) is 2.56. The number of fused-ring (bicyclic) bond motifs is 1. The van der Waals surface area contributed by atoms with Crippen LogP contribution in [-0.4, -0.2) is 25.7 Å². The van der Waals surface area contributed by atoms with Crippen molar-refractivity contribution in [2.45, 2.75) is 25.7 Å². The molecule has 16 heavy (non-hydrogen) atoms. The Morgan fingerprint density at radius 1 is 1.56 bits per heavy atom. The summed E-state index contributed by atoms with van der Waals surface area (Å²) in [6.07, 6.45) is 6.34. The van der Waals surface area contributed by atoms with E-state index in [1.54, 1.807) is 29.2 Å². The van der Waals surface area contributed by atoms with E-state index < -0.39 is 11.9 Å². The number of hydrogen-bond donors (Lipinski definition) is 1. The highest BCUT2D eigenvalue weighted by Crippen LogP contribution is 2.23. The third-order valence-electron chi connectivity index (χ3n) is 2.56. The molecule has 1 atom stereocenters. The number of rotatable bonds is 4. The summed E-state index contributed by atoms with van der Waals surface area (Å²) in [6, 6.07) is 1.79. The third kappa shape index (κ3) is 1.76. The first-order valence-corrected chi connectivity index (χ1v) is 5.25. The lowest BCUT2D eigenvalue weighted by atomic mass is 9.99. The van der Waals surface area contributed by atoms with Crippen molar-refractivity contribution < 1.29 is 9.90 Å². The fraction of sp³-hybridized carbons (Fsp3) is 0.364. The molecule has 0 amide bonds. The molecule has 2 heterocycles. The molecule has 5 nitrogen and oxygen atoms in total. The molecule has 5 heteroatoms. The molecule has 0 spiro atoms. The van der Waals surface area contributed by atoms with Crippen molar-refractivity contribution >= 4 is 11.5 Å². The molecule has 1 unspecified atom stereocenters. The summed E-state index contributed by atoms with van der Waals surface area (Å²) >= 11 is 0. The van der Waals surface area contributed by atoms with E-state index >= 15 is 0 Å². The molecule has 0 aliphatic carbocycles. The lowest BCUT2D eigenvalue weighted by Crippen LogP contribution is -2.14. The molecule has 2 rings (SSSR count). The fourth-order valence-corrected chi connectivity index (χ4v) is 1.81. The molecule has 2 aromatic heterocycles. The Morgan fingerprint density at radius 3 is 3.06 bits per heavy atom. The molecule has 0 aromatic carbocycles. The van der Waals surface area contributed by atoms with Crippen molar-refractivity contribution in [2.75, 3.05) is 0 Å². The molecule has 0 saturated carbocycles. The van der Waals surface area contributed by atoms with Gasteiger partial charge in [0.2, 0.25) is 0 Å². The second kappa shape index (κ2) is 4.30. The van der Waals surface area contributed by atoms with E-state index in [-0.39, 0.29) is 0 Å². The van der Waals surface area contributed by atoms with Gasteiger partial charge in [0.1, 0.15) is 5.92 Å². The maximum absolute atomic E-state index is 11.2. The summed E-state index contributed by atoms with van der Waals surface area (Å²) in [7, 11) is 0. The average molecular weight is 219 g/mol. The summed E-state index contributed by atoms with van der Waals surface area (Å²) in [4.78, 5) is 15.4. The Morgan fingerprint density at radius 2 is 2.38 bits per heavy atom. The first kappa shape index (κ1) is 10.6. The van der Waals surface area contributed by atoms with Gasteiger partial charge >= 0.3 is 5.97 Å². The van der Waals surface area contributed by atoms with Gasteiger partial charge < -0.3 is 5.11 Å². The first-order chi connectivity index (χ1) is 7.74. The summed E-state index contributed by atoms with van der Waals surface area (Å²) in [5, 5.41) is 13.3. The SMILES string of the molecule is CCCC(C(=O)O)c1nccn2nccc12. The van der Waals surface area contributed by atoms with Crippen LogP contribution < -0.4 is 0 Å². The monoisotopic (exact) mass is 219 g/mol. The van der Waals surface area contributed by atoms with Gasteiger partial charge in [0, 0.05) is 12.4 Å². The summed E-state index contributed by atoms with van der Waals surface area (Å²) in [5.41, 5.74) is 1.36. The minimum atomic E-state index is -0.830. The zero-order valence-corrected chi connectivity index (χ0v) is 9.00. The van der Waals surface area contributed by atoms with Gasteiger partial charge in [-0.25, -0.2) is 4.52 Å². The maximum atomic E-state index is 11.2. The summed E-state index contributed by atoms with van der Waals surface area (Å²) in [6.45, 7) is 1.96. The molecule has 0 bridgehead atoms. The van der Waals surface area contributed by atoms with Crippen LogP contribution in [0.15, 0.2) is 24.7 Å². The Bertz CT molecular complexity index is 507. The summed E-state index contributed by atoms with van der Waals surface area (Å²) in [5.74, 6) is -1.38. The molecule has 0 fully saturated rings. The zero-order chi connectivity index (χ0) is 11.5. The van der Waals surface area contributed by atoms with Crippen LogP contribution >= 0.6 is 0 Å². The highest BCUT2D eigenvalue weighted by Gasteiger charge is 2.22. The number of aliphatic carboxylic acids is 1. The van der Waals surface area contributed by atoms with E-state index in [1.807, 2.05) is 6.92 Å². The maximum Gasteiger partial charge on any atom is 0.312 e. The lowest BCUT2D eigenvalue weighted by Gasteiger charge is -2.11. The van der Waals surface area contributed by atoms with E-state index in [2.05, 4.69) is 10.1 Å². The predicted molar refractivity (Wildman–Crippen MR) is 58.3 cm³/mol. The van der Waals surface area contributed by atoms with Crippen molar-refractivity contribution in [3.63, 3.8) is 0 Å². The van der Waals surface area contributed by atoms with Crippen LogP contribution in [0.25, 0.3) is 5.52 Å². The van der Waals surface area contributed by atoms with Crippen LogP contribution in [-0.2, 0) is 4.79 Å². The number of nitrogens with zero attached hydrogens (tertiary/aromatic N) is 3. The number of aromatic nitrogens is 3. The number of hydrogen-bond acceptors (Lipinski definition) is 3. The quantitative estimate of drug-likeness (QED) is 0.849. The Balaban J connectivity index is 2.51. The first-order valence-electron chi connectivity index (χ1n) is 5.25. The molecule has 0 saturated heterocycles. The second-order valence-corrected chi connectivity index (χ2v) is 3.65. The molecule has 0 aliphatic heterocycles. The number of carbonyl (C=O) groups is 1. The second-order valence-electron chi connectivity index (χ2n) is 3.65. The molecule has 0 radical (unpaired) electrons. The van der Waals surface area contributed by atoms with Gasteiger partial charge in [0.25, 0.3) is 0 Å².